The van der Waals surface area contributed by atoms with Gasteiger partial charge in [-0.3, -0.25) is 19.4 Å². The van der Waals surface area contributed by atoms with E-state index < -0.39 is 5.91 Å². The van der Waals surface area contributed by atoms with Gasteiger partial charge in [0.25, 0.3) is 11.8 Å². The number of rotatable bonds is 3. The van der Waals surface area contributed by atoms with Crippen LogP contribution >= 0.6 is 23.8 Å². The van der Waals surface area contributed by atoms with E-state index >= 15 is 0 Å². The molecule has 2 heterocycles. The molecule has 27 heavy (non-hydrogen) atoms. The lowest BCUT2D eigenvalue weighted by molar-refractivity contribution is -0.127. The van der Waals surface area contributed by atoms with Crippen molar-refractivity contribution in [3.05, 3.63) is 57.9 Å². The Morgan fingerprint density at radius 1 is 1.11 bits per heavy atom. The Hall–Kier alpha value is -2.44. The number of likely N-dealkylation sites (N-methyl/N-ethyl adjacent to an activating group) is 1. The number of aromatic nitrogens is 1. The summed E-state index contributed by atoms with van der Waals surface area (Å²) in [5.41, 5.74) is 3.54. The van der Waals surface area contributed by atoms with Crippen LogP contribution in [0.25, 0.3) is 6.08 Å². The van der Waals surface area contributed by atoms with Crippen molar-refractivity contribution < 1.29 is 9.59 Å². The van der Waals surface area contributed by atoms with Gasteiger partial charge in [0.05, 0.1) is 5.69 Å². The summed E-state index contributed by atoms with van der Waals surface area (Å²) in [5.74, 6) is -0.809. The maximum absolute atomic E-state index is 13.2. The molecule has 0 N–H and O–H groups in total. The van der Waals surface area contributed by atoms with E-state index in [2.05, 4.69) is 0 Å². The highest BCUT2D eigenvalue weighted by atomic mass is 35.5. The molecule has 0 atom stereocenters. The van der Waals surface area contributed by atoms with Gasteiger partial charge in [0, 0.05) is 30.0 Å². The maximum atomic E-state index is 13.2. The molecule has 0 bridgehead atoms. The summed E-state index contributed by atoms with van der Waals surface area (Å²) in [7, 11) is 1.95. The lowest BCUT2D eigenvalue weighted by Crippen LogP contribution is -2.56. The monoisotopic (exact) mass is 401 g/mol. The van der Waals surface area contributed by atoms with Crippen molar-refractivity contribution >= 4 is 52.5 Å². The number of amides is 2. The zero-order valence-electron chi connectivity index (χ0n) is 15.6. The first-order valence-electron chi connectivity index (χ1n) is 8.56. The summed E-state index contributed by atoms with van der Waals surface area (Å²) in [4.78, 5) is 28.9. The summed E-state index contributed by atoms with van der Waals surface area (Å²) in [6.07, 6.45) is 1.65. The van der Waals surface area contributed by atoms with Crippen LogP contribution in [0.5, 0.6) is 0 Å². The first kappa shape index (κ1) is 19.3. The van der Waals surface area contributed by atoms with Gasteiger partial charge in [0.2, 0.25) is 0 Å². The predicted octanol–water partition coefficient (Wildman–Crippen LogP) is 3.86. The van der Waals surface area contributed by atoms with E-state index in [4.69, 9.17) is 23.8 Å². The third-order valence-corrected chi connectivity index (χ3v) is 5.50. The second-order valence-corrected chi connectivity index (χ2v) is 7.19. The second kappa shape index (κ2) is 7.29. The zero-order valence-corrected chi connectivity index (χ0v) is 17.2. The minimum Gasteiger partial charge on any atom is -0.352 e. The number of carbonyl (C=O) groups excluding carboxylic acids is 2. The van der Waals surface area contributed by atoms with Crippen molar-refractivity contribution in [2.24, 2.45) is 7.05 Å². The SMILES string of the molecule is CCN1C(=O)/C(=C\c2cc(C)n(C)c2C)C(=O)N(c2ccc(Cl)cc2)C1=S. The van der Waals surface area contributed by atoms with Crippen LogP contribution in [0, 0.1) is 13.8 Å². The van der Waals surface area contributed by atoms with Crippen LogP contribution in [0.4, 0.5) is 5.69 Å². The number of aryl methyl sites for hydroxylation is 1. The van der Waals surface area contributed by atoms with E-state index in [1.165, 1.54) is 9.80 Å². The number of halogens is 1. The van der Waals surface area contributed by atoms with Crippen LogP contribution in [0.3, 0.4) is 0 Å². The molecule has 1 aromatic carbocycles. The standard InChI is InChI=1S/C20H20ClN3O2S/c1-5-23-18(25)17(11-14-10-12(2)22(4)13(14)3)19(26)24(20(23)27)16-8-6-15(21)7-9-16/h6-11H,5H2,1-4H3/b17-11+. The van der Waals surface area contributed by atoms with Crippen molar-refractivity contribution in [2.45, 2.75) is 20.8 Å². The molecule has 2 amide bonds. The quantitative estimate of drug-likeness (QED) is 0.445. The Morgan fingerprint density at radius 2 is 1.74 bits per heavy atom. The largest absolute Gasteiger partial charge is 0.352 e. The smallest absolute Gasteiger partial charge is 0.270 e. The number of thiocarbonyl (C=S) groups is 1. The van der Waals surface area contributed by atoms with Crippen molar-refractivity contribution in [1.29, 1.82) is 0 Å². The second-order valence-electron chi connectivity index (χ2n) is 6.39. The zero-order chi connectivity index (χ0) is 19.9. The van der Waals surface area contributed by atoms with Gasteiger partial charge in [0.15, 0.2) is 5.11 Å². The van der Waals surface area contributed by atoms with Gasteiger partial charge in [-0.25, -0.2) is 0 Å². The van der Waals surface area contributed by atoms with Crippen LogP contribution in [-0.4, -0.2) is 32.9 Å². The van der Waals surface area contributed by atoms with E-state index in [0.717, 1.165) is 17.0 Å². The molecule has 0 aliphatic carbocycles. The van der Waals surface area contributed by atoms with Gasteiger partial charge in [-0.15, -0.1) is 0 Å². The number of anilines is 1. The maximum Gasteiger partial charge on any atom is 0.270 e. The summed E-state index contributed by atoms with van der Waals surface area (Å²) in [6.45, 7) is 6.14. The Labute approximate surface area is 168 Å². The third-order valence-electron chi connectivity index (χ3n) is 4.85. The van der Waals surface area contributed by atoms with Crippen LogP contribution < -0.4 is 4.90 Å². The fourth-order valence-corrected chi connectivity index (χ4v) is 3.58. The third kappa shape index (κ3) is 3.31. The molecule has 0 unspecified atom stereocenters. The minimum atomic E-state index is -0.432. The molecule has 0 spiro atoms. The molecular formula is C20H20ClN3O2S. The number of carbonyl (C=O) groups is 2. The van der Waals surface area contributed by atoms with E-state index in [9.17, 15) is 9.59 Å². The molecule has 0 saturated carbocycles. The van der Waals surface area contributed by atoms with Crippen LogP contribution in [0.15, 0.2) is 35.9 Å². The fraction of sp³-hybridized carbons (Fsp3) is 0.250. The van der Waals surface area contributed by atoms with Crippen LogP contribution in [0.2, 0.25) is 5.02 Å². The summed E-state index contributed by atoms with van der Waals surface area (Å²) in [5, 5.41) is 0.733. The molecule has 5 nitrogen and oxygen atoms in total. The number of benzene rings is 1. The molecule has 1 aliphatic heterocycles. The molecule has 1 aliphatic rings. The van der Waals surface area contributed by atoms with E-state index in [0.29, 0.717) is 17.3 Å². The van der Waals surface area contributed by atoms with Gasteiger partial charge >= 0.3 is 0 Å². The van der Waals surface area contributed by atoms with Crippen molar-refractivity contribution in [3.63, 3.8) is 0 Å². The van der Waals surface area contributed by atoms with Crippen molar-refractivity contribution in [1.82, 2.24) is 9.47 Å². The molecular weight excluding hydrogens is 382 g/mol. The van der Waals surface area contributed by atoms with E-state index in [-0.39, 0.29) is 16.6 Å². The predicted molar refractivity (Wildman–Crippen MR) is 112 cm³/mol. The molecule has 7 heteroatoms. The van der Waals surface area contributed by atoms with E-state index in [1.54, 1.807) is 30.3 Å². The van der Waals surface area contributed by atoms with E-state index in [1.807, 2.05) is 38.5 Å². The molecule has 2 aromatic rings. The summed E-state index contributed by atoms with van der Waals surface area (Å²) < 4.78 is 2.02. The molecule has 3 rings (SSSR count). The molecule has 140 valence electrons. The Morgan fingerprint density at radius 3 is 2.26 bits per heavy atom. The van der Waals surface area contributed by atoms with Gasteiger partial charge in [-0.05, 0) is 75.0 Å². The Balaban J connectivity index is 2.12. The summed E-state index contributed by atoms with van der Waals surface area (Å²) in [6, 6.07) is 8.76. The Bertz CT molecular complexity index is 976. The van der Waals surface area contributed by atoms with Crippen molar-refractivity contribution in [2.75, 3.05) is 11.4 Å². The van der Waals surface area contributed by atoms with Crippen LogP contribution in [0.1, 0.15) is 23.9 Å². The van der Waals surface area contributed by atoms with Gasteiger partial charge in [-0.1, -0.05) is 11.6 Å². The van der Waals surface area contributed by atoms with Gasteiger partial charge in [-0.2, -0.15) is 0 Å². The molecule has 1 aromatic heterocycles. The minimum absolute atomic E-state index is 0.0918. The lowest BCUT2D eigenvalue weighted by atomic mass is 10.1. The molecule has 0 radical (unpaired) electrons. The lowest BCUT2D eigenvalue weighted by Gasteiger charge is -2.36. The first-order chi connectivity index (χ1) is 12.8. The first-order valence-corrected chi connectivity index (χ1v) is 9.35. The topological polar surface area (TPSA) is 45.6 Å². The van der Waals surface area contributed by atoms with Crippen molar-refractivity contribution in [3.8, 4) is 0 Å². The van der Waals surface area contributed by atoms with Crippen LogP contribution in [-0.2, 0) is 16.6 Å². The average molecular weight is 402 g/mol. The number of nitrogens with zero attached hydrogens (tertiary/aromatic N) is 3. The van der Waals surface area contributed by atoms with Gasteiger partial charge < -0.3 is 4.57 Å². The number of hydrogen-bond acceptors (Lipinski definition) is 3. The fourth-order valence-electron chi connectivity index (χ4n) is 3.06. The highest BCUT2D eigenvalue weighted by Crippen LogP contribution is 2.28. The highest BCUT2D eigenvalue weighted by Gasteiger charge is 2.39. The molecule has 1 fully saturated rings. The Kier molecular flexibility index (Phi) is 5.22. The average Bonchev–Trinajstić information content (AvgIpc) is 2.87. The highest BCUT2D eigenvalue weighted by molar-refractivity contribution is 7.80. The normalized spacial score (nSPS) is 16.6. The number of hydrogen-bond donors (Lipinski definition) is 0. The summed E-state index contributed by atoms with van der Waals surface area (Å²) >= 11 is 11.4. The van der Waals surface area contributed by atoms with Gasteiger partial charge in [0.1, 0.15) is 5.57 Å². The molecule has 1 saturated heterocycles.